The minimum absolute atomic E-state index is 0.382. The van der Waals surface area contributed by atoms with Gasteiger partial charge in [-0.05, 0) is 18.6 Å². The zero-order valence-corrected chi connectivity index (χ0v) is 10.4. The molecule has 0 fully saturated rings. The highest BCUT2D eigenvalue weighted by molar-refractivity contribution is 9.09. The molecular weight excluding hydrogens is 250 g/mol. The fourth-order valence-corrected chi connectivity index (χ4v) is 2.37. The zero-order valence-electron chi connectivity index (χ0n) is 8.78. The number of alkyl halides is 1. The second-order valence-electron chi connectivity index (χ2n) is 3.69. The number of fused-ring (bicyclic) bond motifs is 1. The van der Waals surface area contributed by atoms with Crippen LogP contribution >= 0.6 is 15.9 Å². The van der Waals surface area contributed by atoms with Crippen LogP contribution in [-0.2, 0) is 0 Å². The maximum atomic E-state index is 4.65. The zero-order chi connectivity index (χ0) is 10.7. The molecule has 1 aromatic heterocycles. The van der Waals surface area contributed by atoms with Gasteiger partial charge in [-0.2, -0.15) is 0 Å². The predicted molar refractivity (Wildman–Crippen MR) is 68.3 cm³/mol. The number of rotatable bonds is 3. The average Bonchev–Trinajstić information content (AvgIpc) is 2.29. The van der Waals surface area contributed by atoms with Crippen molar-refractivity contribution in [3.63, 3.8) is 0 Å². The van der Waals surface area contributed by atoms with Crippen LogP contribution < -0.4 is 0 Å². The standard InChI is InChI=1S/C13H14BrN/c1-2-5-11(14)13-9-8-10-6-3-4-7-12(10)15-13/h3-4,6-9,11H,2,5H2,1H3. The lowest BCUT2D eigenvalue weighted by molar-refractivity contribution is 0.773. The lowest BCUT2D eigenvalue weighted by Crippen LogP contribution is -1.93. The first-order chi connectivity index (χ1) is 7.31. The van der Waals surface area contributed by atoms with Gasteiger partial charge in [-0.1, -0.05) is 53.5 Å². The Labute approximate surface area is 98.7 Å². The van der Waals surface area contributed by atoms with Gasteiger partial charge in [0.15, 0.2) is 0 Å². The second-order valence-corrected chi connectivity index (χ2v) is 4.79. The lowest BCUT2D eigenvalue weighted by Gasteiger charge is -2.08. The van der Waals surface area contributed by atoms with Crippen LogP contribution in [0.5, 0.6) is 0 Å². The van der Waals surface area contributed by atoms with E-state index < -0.39 is 0 Å². The third-order valence-electron chi connectivity index (χ3n) is 2.48. The van der Waals surface area contributed by atoms with E-state index in [1.807, 2.05) is 12.1 Å². The normalized spacial score (nSPS) is 12.9. The summed E-state index contributed by atoms with van der Waals surface area (Å²) in [5.41, 5.74) is 2.21. The van der Waals surface area contributed by atoms with Crippen molar-refractivity contribution in [3.05, 3.63) is 42.1 Å². The molecule has 0 spiro atoms. The minimum atomic E-state index is 0.382. The fraction of sp³-hybridized carbons (Fsp3) is 0.308. The molecule has 0 saturated heterocycles. The molecule has 2 rings (SSSR count). The molecule has 0 N–H and O–H groups in total. The first-order valence-corrected chi connectivity index (χ1v) is 6.22. The summed E-state index contributed by atoms with van der Waals surface area (Å²) < 4.78 is 0. The van der Waals surface area contributed by atoms with Crippen LogP contribution in [0.3, 0.4) is 0 Å². The Balaban J connectivity index is 2.38. The second kappa shape index (κ2) is 4.75. The van der Waals surface area contributed by atoms with E-state index in [0.29, 0.717) is 4.83 Å². The molecule has 1 aromatic carbocycles. The van der Waals surface area contributed by atoms with E-state index >= 15 is 0 Å². The van der Waals surface area contributed by atoms with Gasteiger partial charge in [0.2, 0.25) is 0 Å². The molecule has 0 radical (unpaired) electrons. The van der Waals surface area contributed by atoms with Crippen molar-refractivity contribution in [2.45, 2.75) is 24.6 Å². The van der Waals surface area contributed by atoms with Crippen molar-refractivity contribution in [2.24, 2.45) is 0 Å². The first-order valence-electron chi connectivity index (χ1n) is 5.31. The summed E-state index contributed by atoms with van der Waals surface area (Å²) in [6.45, 7) is 2.19. The van der Waals surface area contributed by atoms with Crippen LogP contribution in [0.25, 0.3) is 10.9 Å². The summed E-state index contributed by atoms with van der Waals surface area (Å²) >= 11 is 3.67. The van der Waals surface area contributed by atoms with Crippen LogP contribution in [-0.4, -0.2) is 4.98 Å². The van der Waals surface area contributed by atoms with Gasteiger partial charge in [0, 0.05) is 5.39 Å². The predicted octanol–water partition coefficient (Wildman–Crippen LogP) is 4.47. The molecule has 0 aliphatic carbocycles. The number of para-hydroxylation sites is 1. The van der Waals surface area contributed by atoms with Gasteiger partial charge >= 0.3 is 0 Å². The maximum Gasteiger partial charge on any atom is 0.0705 e. The van der Waals surface area contributed by atoms with Crippen LogP contribution in [0.1, 0.15) is 30.3 Å². The Hall–Kier alpha value is -0.890. The summed E-state index contributed by atoms with van der Waals surface area (Å²) in [5, 5.41) is 1.21. The summed E-state index contributed by atoms with van der Waals surface area (Å²) in [4.78, 5) is 5.03. The molecule has 0 bridgehead atoms. The highest BCUT2D eigenvalue weighted by Crippen LogP contribution is 2.27. The Bertz CT molecular complexity index is 453. The van der Waals surface area contributed by atoms with Crippen LogP contribution in [0.2, 0.25) is 0 Å². The third kappa shape index (κ3) is 2.37. The van der Waals surface area contributed by atoms with Crippen molar-refractivity contribution in [1.29, 1.82) is 0 Å². The molecule has 1 unspecified atom stereocenters. The fourth-order valence-electron chi connectivity index (χ4n) is 1.66. The molecule has 1 atom stereocenters. The summed E-state index contributed by atoms with van der Waals surface area (Å²) in [6.07, 6.45) is 2.30. The average molecular weight is 264 g/mol. The van der Waals surface area contributed by atoms with Crippen LogP contribution in [0.15, 0.2) is 36.4 Å². The largest absolute Gasteiger partial charge is 0.252 e. The molecule has 0 aliphatic heterocycles. The monoisotopic (exact) mass is 263 g/mol. The van der Waals surface area contributed by atoms with E-state index in [-0.39, 0.29) is 0 Å². The number of hydrogen-bond donors (Lipinski definition) is 0. The smallest absolute Gasteiger partial charge is 0.0705 e. The highest BCUT2D eigenvalue weighted by atomic mass is 79.9. The van der Waals surface area contributed by atoms with Crippen LogP contribution in [0, 0.1) is 0 Å². The van der Waals surface area contributed by atoms with E-state index in [1.54, 1.807) is 0 Å². The Morgan fingerprint density at radius 2 is 2.00 bits per heavy atom. The highest BCUT2D eigenvalue weighted by Gasteiger charge is 2.07. The number of pyridine rings is 1. The SMILES string of the molecule is CCCC(Br)c1ccc2ccccc2n1. The maximum absolute atomic E-state index is 4.65. The number of benzene rings is 1. The minimum Gasteiger partial charge on any atom is -0.252 e. The number of hydrogen-bond acceptors (Lipinski definition) is 1. The van der Waals surface area contributed by atoms with E-state index in [0.717, 1.165) is 17.6 Å². The number of halogens is 1. The van der Waals surface area contributed by atoms with Crippen molar-refractivity contribution < 1.29 is 0 Å². The molecule has 15 heavy (non-hydrogen) atoms. The molecule has 1 heterocycles. The molecular formula is C13H14BrN. The van der Waals surface area contributed by atoms with Gasteiger partial charge in [0.25, 0.3) is 0 Å². The lowest BCUT2D eigenvalue weighted by atomic mass is 10.1. The quantitative estimate of drug-likeness (QED) is 0.745. The Morgan fingerprint density at radius 3 is 2.80 bits per heavy atom. The third-order valence-corrected chi connectivity index (χ3v) is 3.41. The van der Waals surface area contributed by atoms with E-state index in [4.69, 9.17) is 0 Å². The first kappa shape index (κ1) is 10.6. The summed E-state index contributed by atoms with van der Waals surface area (Å²) in [5.74, 6) is 0. The molecule has 78 valence electrons. The molecule has 0 saturated carbocycles. The van der Waals surface area contributed by atoms with Gasteiger partial charge in [-0.3, -0.25) is 4.98 Å². The van der Waals surface area contributed by atoms with Crippen molar-refractivity contribution in [3.8, 4) is 0 Å². The van der Waals surface area contributed by atoms with Crippen molar-refractivity contribution >= 4 is 26.8 Å². The molecule has 1 nitrogen and oxygen atoms in total. The number of nitrogens with zero attached hydrogens (tertiary/aromatic N) is 1. The van der Waals surface area contributed by atoms with Crippen LogP contribution in [0.4, 0.5) is 0 Å². The van der Waals surface area contributed by atoms with E-state index in [9.17, 15) is 0 Å². The van der Waals surface area contributed by atoms with Gasteiger partial charge in [-0.25, -0.2) is 0 Å². The summed E-state index contributed by atoms with van der Waals surface area (Å²) in [6, 6.07) is 12.5. The van der Waals surface area contributed by atoms with Crippen molar-refractivity contribution in [2.75, 3.05) is 0 Å². The van der Waals surface area contributed by atoms with Gasteiger partial charge < -0.3 is 0 Å². The molecule has 0 aliphatic rings. The molecule has 0 amide bonds. The summed E-state index contributed by atoms with van der Waals surface area (Å²) in [7, 11) is 0. The van der Waals surface area contributed by atoms with Gasteiger partial charge in [-0.15, -0.1) is 0 Å². The molecule has 2 aromatic rings. The van der Waals surface area contributed by atoms with E-state index in [2.05, 4.69) is 52.1 Å². The number of aromatic nitrogens is 1. The molecule has 2 heteroatoms. The topological polar surface area (TPSA) is 12.9 Å². The van der Waals surface area contributed by atoms with E-state index in [1.165, 1.54) is 11.8 Å². The van der Waals surface area contributed by atoms with Crippen molar-refractivity contribution in [1.82, 2.24) is 4.98 Å². The Kier molecular flexibility index (Phi) is 3.37. The Morgan fingerprint density at radius 1 is 1.20 bits per heavy atom. The van der Waals surface area contributed by atoms with Gasteiger partial charge in [0.05, 0.1) is 16.0 Å². The van der Waals surface area contributed by atoms with Gasteiger partial charge in [0.1, 0.15) is 0 Å².